The van der Waals surface area contributed by atoms with Crippen LogP contribution < -0.4 is 5.32 Å². The molecule has 33 heavy (non-hydrogen) atoms. The molecule has 0 bridgehead atoms. The molecule has 0 spiro atoms. The van der Waals surface area contributed by atoms with Crippen LogP contribution in [0.3, 0.4) is 0 Å². The minimum atomic E-state index is -3.70. The van der Waals surface area contributed by atoms with Gasteiger partial charge in [-0.25, -0.2) is 8.42 Å². The molecule has 166 valence electrons. The van der Waals surface area contributed by atoms with Crippen LogP contribution in [0.15, 0.2) is 107 Å². The highest BCUT2D eigenvalue weighted by molar-refractivity contribution is 7.91. The molecule has 7 heteroatoms. The highest BCUT2D eigenvalue weighted by Crippen LogP contribution is 2.30. The largest absolute Gasteiger partial charge is 0.353 e. The minimum Gasteiger partial charge on any atom is -0.353 e. The van der Waals surface area contributed by atoms with Crippen LogP contribution in [0.4, 0.5) is 0 Å². The summed E-state index contributed by atoms with van der Waals surface area (Å²) in [5.41, 5.74) is 1.83. The zero-order chi connectivity index (χ0) is 22.8. The Hall–Kier alpha value is -3.84. The number of amides is 1. The molecule has 2 heterocycles. The molecule has 1 N–H and O–H groups in total. The SMILES string of the molecule is O=C(Cn1cc(S(=O)(=O)c2ccccc2)c2ccccc21)NCCn1ccc2ccccc21. The molecule has 3 aromatic carbocycles. The summed E-state index contributed by atoms with van der Waals surface area (Å²) in [6.07, 6.45) is 3.57. The van der Waals surface area contributed by atoms with Gasteiger partial charge in [0.05, 0.1) is 9.79 Å². The van der Waals surface area contributed by atoms with E-state index >= 15 is 0 Å². The predicted octanol–water partition coefficient (Wildman–Crippen LogP) is 4.25. The number of sulfone groups is 1. The maximum Gasteiger partial charge on any atom is 0.240 e. The zero-order valence-electron chi connectivity index (χ0n) is 17.9. The predicted molar refractivity (Wildman–Crippen MR) is 129 cm³/mol. The van der Waals surface area contributed by atoms with Crippen molar-refractivity contribution in [1.82, 2.24) is 14.5 Å². The maximum absolute atomic E-state index is 13.2. The van der Waals surface area contributed by atoms with Crippen LogP contribution in [0.1, 0.15) is 0 Å². The van der Waals surface area contributed by atoms with Crippen LogP contribution in [0.2, 0.25) is 0 Å². The zero-order valence-corrected chi connectivity index (χ0v) is 18.7. The molecule has 0 atom stereocenters. The van der Waals surface area contributed by atoms with Gasteiger partial charge in [-0.15, -0.1) is 0 Å². The fraction of sp³-hybridized carbons (Fsp3) is 0.115. The Morgan fingerprint density at radius 1 is 0.788 bits per heavy atom. The smallest absolute Gasteiger partial charge is 0.240 e. The van der Waals surface area contributed by atoms with Gasteiger partial charge in [0.15, 0.2) is 0 Å². The Bertz CT molecular complexity index is 1550. The van der Waals surface area contributed by atoms with Crippen LogP contribution >= 0.6 is 0 Å². The summed E-state index contributed by atoms with van der Waals surface area (Å²) in [5.74, 6) is -0.170. The van der Waals surface area contributed by atoms with Crippen LogP contribution in [0, 0.1) is 0 Å². The lowest BCUT2D eigenvalue weighted by molar-refractivity contribution is -0.121. The van der Waals surface area contributed by atoms with Crippen molar-refractivity contribution in [2.24, 2.45) is 0 Å². The molecule has 0 saturated heterocycles. The van der Waals surface area contributed by atoms with E-state index < -0.39 is 9.84 Å². The van der Waals surface area contributed by atoms with E-state index in [9.17, 15) is 13.2 Å². The normalized spacial score (nSPS) is 11.8. The van der Waals surface area contributed by atoms with Crippen LogP contribution in [0.5, 0.6) is 0 Å². The first-order chi connectivity index (χ1) is 16.0. The second-order valence-corrected chi connectivity index (χ2v) is 9.79. The number of carbonyl (C=O) groups is 1. The van der Waals surface area contributed by atoms with E-state index in [-0.39, 0.29) is 22.2 Å². The Morgan fingerprint density at radius 3 is 2.30 bits per heavy atom. The molecule has 1 amide bonds. The number of hydrogen-bond donors (Lipinski definition) is 1. The molecule has 0 unspecified atom stereocenters. The number of para-hydroxylation sites is 2. The summed E-state index contributed by atoms with van der Waals surface area (Å²) in [5, 5.41) is 4.71. The van der Waals surface area contributed by atoms with E-state index in [0.29, 0.717) is 24.0 Å². The van der Waals surface area contributed by atoms with Gasteiger partial charge in [0.1, 0.15) is 6.54 Å². The number of hydrogen-bond acceptors (Lipinski definition) is 3. The van der Waals surface area contributed by atoms with E-state index in [1.165, 1.54) is 0 Å². The number of fused-ring (bicyclic) bond motifs is 2. The van der Waals surface area contributed by atoms with E-state index in [1.807, 2.05) is 30.5 Å². The number of carbonyl (C=O) groups excluding carboxylic acids is 1. The van der Waals surface area contributed by atoms with Gasteiger partial charge in [0, 0.05) is 41.9 Å². The second-order valence-electron chi connectivity index (χ2n) is 7.87. The van der Waals surface area contributed by atoms with Gasteiger partial charge in [0.25, 0.3) is 0 Å². The number of nitrogens with one attached hydrogen (secondary N) is 1. The average Bonchev–Trinajstić information content (AvgIpc) is 3.42. The van der Waals surface area contributed by atoms with Crippen molar-refractivity contribution in [1.29, 1.82) is 0 Å². The summed E-state index contributed by atoms with van der Waals surface area (Å²) in [4.78, 5) is 13.1. The molecular formula is C26H23N3O3S. The molecule has 0 aliphatic heterocycles. The lowest BCUT2D eigenvalue weighted by atomic mass is 10.2. The van der Waals surface area contributed by atoms with Crippen molar-refractivity contribution < 1.29 is 13.2 Å². The number of aromatic nitrogens is 2. The van der Waals surface area contributed by atoms with Gasteiger partial charge < -0.3 is 14.5 Å². The molecule has 0 aliphatic rings. The molecule has 0 radical (unpaired) electrons. The maximum atomic E-state index is 13.2. The van der Waals surface area contributed by atoms with E-state index in [2.05, 4.69) is 28.1 Å². The topological polar surface area (TPSA) is 73.1 Å². The highest BCUT2D eigenvalue weighted by atomic mass is 32.2. The number of nitrogens with zero attached hydrogens (tertiary/aromatic N) is 2. The molecule has 2 aromatic heterocycles. The lowest BCUT2D eigenvalue weighted by Crippen LogP contribution is -2.30. The van der Waals surface area contributed by atoms with Gasteiger partial charge in [-0.05, 0) is 35.7 Å². The van der Waals surface area contributed by atoms with Crippen LogP contribution in [-0.2, 0) is 27.7 Å². The summed E-state index contributed by atoms with van der Waals surface area (Å²) in [7, 11) is -3.70. The molecule has 6 nitrogen and oxygen atoms in total. The van der Waals surface area contributed by atoms with E-state index in [1.54, 1.807) is 53.2 Å². The van der Waals surface area contributed by atoms with Gasteiger partial charge in [-0.3, -0.25) is 4.79 Å². The fourth-order valence-corrected chi connectivity index (χ4v) is 5.64. The third-order valence-corrected chi connectivity index (χ3v) is 7.56. The Kier molecular flexibility index (Phi) is 5.48. The Balaban J connectivity index is 1.34. The fourth-order valence-electron chi connectivity index (χ4n) is 4.15. The molecule has 0 fully saturated rings. The van der Waals surface area contributed by atoms with E-state index in [0.717, 1.165) is 10.9 Å². The third-order valence-electron chi connectivity index (χ3n) is 5.76. The summed E-state index contributed by atoms with van der Waals surface area (Å²) in [6, 6.07) is 25.8. The first kappa shape index (κ1) is 21.0. The Labute approximate surface area is 192 Å². The van der Waals surface area contributed by atoms with Gasteiger partial charge in [-0.2, -0.15) is 0 Å². The third kappa shape index (κ3) is 4.03. The van der Waals surface area contributed by atoms with Gasteiger partial charge in [-0.1, -0.05) is 54.6 Å². The van der Waals surface area contributed by atoms with Crippen LogP contribution in [0.25, 0.3) is 21.8 Å². The standard InChI is InChI=1S/C26H23N3O3S/c30-26(27-15-17-28-16-14-20-8-4-6-12-23(20)28)19-29-18-25(22-11-5-7-13-24(22)29)33(31,32)21-9-2-1-3-10-21/h1-14,16,18H,15,17,19H2,(H,27,30). The molecular weight excluding hydrogens is 434 g/mol. The molecule has 0 saturated carbocycles. The first-order valence-electron chi connectivity index (χ1n) is 10.7. The summed E-state index contributed by atoms with van der Waals surface area (Å²) < 4.78 is 30.3. The monoisotopic (exact) mass is 457 g/mol. The van der Waals surface area contributed by atoms with Gasteiger partial charge in [0.2, 0.25) is 15.7 Å². The first-order valence-corrected chi connectivity index (χ1v) is 12.2. The molecule has 0 aliphatic carbocycles. The Morgan fingerprint density at radius 2 is 1.48 bits per heavy atom. The van der Waals surface area contributed by atoms with Crippen molar-refractivity contribution in [2.75, 3.05) is 6.54 Å². The quantitative estimate of drug-likeness (QED) is 0.397. The second kappa shape index (κ2) is 8.60. The van der Waals surface area contributed by atoms with Crippen molar-refractivity contribution in [2.45, 2.75) is 22.9 Å². The van der Waals surface area contributed by atoms with Crippen molar-refractivity contribution in [3.8, 4) is 0 Å². The van der Waals surface area contributed by atoms with Gasteiger partial charge >= 0.3 is 0 Å². The average molecular weight is 458 g/mol. The highest BCUT2D eigenvalue weighted by Gasteiger charge is 2.23. The number of rotatable bonds is 7. The van der Waals surface area contributed by atoms with Crippen LogP contribution in [-0.4, -0.2) is 30.0 Å². The molecule has 5 aromatic rings. The summed E-state index contributed by atoms with van der Waals surface area (Å²) in [6.45, 7) is 1.17. The molecule has 5 rings (SSSR count). The van der Waals surface area contributed by atoms with Crippen molar-refractivity contribution >= 4 is 37.6 Å². The van der Waals surface area contributed by atoms with Crippen molar-refractivity contribution in [3.63, 3.8) is 0 Å². The van der Waals surface area contributed by atoms with Crippen molar-refractivity contribution in [3.05, 3.63) is 97.3 Å². The number of benzene rings is 3. The minimum absolute atomic E-state index is 0.0389. The van der Waals surface area contributed by atoms with E-state index in [4.69, 9.17) is 0 Å². The lowest BCUT2D eigenvalue weighted by Gasteiger charge is -2.09. The summed E-state index contributed by atoms with van der Waals surface area (Å²) >= 11 is 0.